The Labute approximate surface area is 194 Å². The van der Waals surface area contributed by atoms with E-state index in [0.29, 0.717) is 19.4 Å². The van der Waals surface area contributed by atoms with E-state index in [2.05, 4.69) is 29.6 Å². The number of nitrogens with zero attached hydrogens (tertiary/aromatic N) is 1. The van der Waals surface area contributed by atoms with Gasteiger partial charge in [-0.3, -0.25) is 4.79 Å². The zero-order valence-corrected chi connectivity index (χ0v) is 19.3. The molecule has 33 heavy (non-hydrogen) atoms. The fraction of sp³-hybridized carbons (Fsp3) is 0.423. The van der Waals surface area contributed by atoms with Crippen LogP contribution in [0, 0.1) is 0 Å². The van der Waals surface area contributed by atoms with Crippen molar-refractivity contribution in [3.05, 3.63) is 59.7 Å². The number of esters is 1. The number of alkyl carbamates (subject to hydrolysis) is 1. The molecule has 7 nitrogen and oxygen atoms in total. The molecule has 1 aliphatic heterocycles. The van der Waals surface area contributed by atoms with Gasteiger partial charge in [-0.1, -0.05) is 48.5 Å². The molecule has 0 bridgehead atoms. The Hall–Kier alpha value is -3.35. The molecular formula is C26H30N2O5. The minimum absolute atomic E-state index is 0.0271. The molecule has 0 saturated carbocycles. The van der Waals surface area contributed by atoms with Crippen LogP contribution in [0.5, 0.6) is 0 Å². The predicted octanol–water partition coefficient (Wildman–Crippen LogP) is 3.86. The lowest BCUT2D eigenvalue weighted by Gasteiger charge is -2.25. The standard InChI is InChI=1S/C26H30N2O5/c1-26(2,3)33-25(31)27-15-23(29)28-14-8-13-22(28)24(30)32-16-21-19-11-6-4-9-17(19)18-10-5-7-12-20(18)21/h4-7,9-12,21-22H,8,13-16H2,1-3H3,(H,27,31)/t22-/m0/s1. The number of rotatable bonds is 5. The molecule has 0 aromatic heterocycles. The highest BCUT2D eigenvalue weighted by Gasteiger charge is 2.36. The Bertz CT molecular complexity index is 1010. The van der Waals surface area contributed by atoms with Gasteiger partial charge in [0.25, 0.3) is 0 Å². The summed E-state index contributed by atoms with van der Waals surface area (Å²) in [5.41, 5.74) is 3.98. The summed E-state index contributed by atoms with van der Waals surface area (Å²) in [5.74, 6) is -0.752. The number of nitrogens with one attached hydrogen (secondary N) is 1. The van der Waals surface area contributed by atoms with Crippen LogP contribution in [-0.4, -0.2) is 54.2 Å². The van der Waals surface area contributed by atoms with Crippen LogP contribution in [-0.2, 0) is 19.1 Å². The van der Waals surface area contributed by atoms with Gasteiger partial charge in [0.05, 0.1) is 0 Å². The predicted molar refractivity (Wildman–Crippen MR) is 124 cm³/mol. The van der Waals surface area contributed by atoms with E-state index in [1.54, 1.807) is 20.8 Å². The number of ether oxygens (including phenoxy) is 2. The molecular weight excluding hydrogens is 420 g/mol. The number of hydrogen-bond donors (Lipinski definition) is 1. The Morgan fingerprint density at radius 1 is 1.00 bits per heavy atom. The van der Waals surface area contributed by atoms with E-state index in [-0.39, 0.29) is 25.0 Å². The highest BCUT2D eigenvalue weighted by molar-refractivity contribution is 5.88. The molecule has 2 amide bonds. The first-order valence-corrected chi connectivity index (χ1v) is 11.4. The van der Waals surface area contributed by atoms with E-state index < -0.39 is 23.7 Å². The minimum Gasteiger partial charge on any atom is -0.463 e. The van der Waals surface area contributed by atoms with Crippen molar-refractivity contribution in [1.29, 1.82) is 0 Å². The lowest BCUT2D eigenvalue weighted by molar-refractivity contribution is -0.153. The number of amides is 2. The number of carbonyl (C=O) groups is 3. The lowest BCUT2D eigenvalue weighted by atomic mass is 9.98. The maximum atomic E-state index is 12.9. The van der Waals surface area contributed by atoms with Crippen molar-refractivity contribution in [3.8, 4) is 11.1 Å². The summed E-state index contributed by atoms with van der Waals surface area (Å²) in [4.78, 5) is 38.9. The van der Waals surface area contributed by atoms with Crippen LogP contribution in [0.1, 0.15) is 50.7 Å². The lowest BCUT2D eigenvalue weighted by Crippen LogP contribution is -2.46. The van der Waals surface area contributed by atoms with E-state index in [9.17, 15) is 14.4 Å². The molecule has 0 radical (unpaired) electrons. The summed E-state index contributed by atoms with van der Waals surface area (Å²) >= 11 is 0. The second-order valence-corrected chi connectivity index (χ2v) is 9.46. The molecule has 1 N–H and O–H groups in total. The zero-order valence-electron chi connectivity index (χ0n) is 19.3. The van der Waals surface area contributed by atoms with Gasteiger partial charge in [-0.05, 0) is 55.9 Å². The van der Waals surface area contributed by atoms with Crippen LogP contribution >= 0.6 is 0 Å². The van der Waals surface area contributed by atoms with Gasteiger partial charge in [0.1, 0.15) is 24.8 Å². The molecule has 2 aliphatic rings. The average Bonchev–Trinajstić information content (AvgIpc) is 3.38. The van der Waals surface area contributed by atoms with Crippen molar-refractivity contribution < 1.29 is 23.9 Å². The fourth-order valence-corrected chi connectivity index (χ4v) is 4.57. The summed E-state index contributed by atoms with van der Waals surface area (Å²) in [5, 5.41) is 2.47. The highest BCUT2D eigenvalue weighted by atomic mass is 16.6. The SMILES string of the molecule is CC(C)(C)OC(=O)NCC(=O)N1CCC[C@H]1C(=O)OCC1c2ccccc2-c2ccccc21. The molecule has 2 aromatic carbocycles. The fourth-order valence-electron chi connectivity index (χ4n) is 4.57. The van der Waals surface area contributed by atoms with Gasteiger partial charge in [0.15, 0.2) is 0 Å². The first-order chi connectivity index (χ1) is 15.7. The number of hydrogen-bond acceptors (Lipinski definition) is 5. The number of fused-ring (bicyclic) bond motifs is 3. The van der Waals surface area contributed by atoms with Crippen molar-refractivity contribution in [3.63, 3.8) is 0 Å². The number of likely N-dealkylation sites (tertiary alicyclic amines) is 1. The Morgan fingerprint density at radius 3 is 2.21 bits per heavy atom. The monoisotopic (exact) mass is 450 g/mol. The smallest absolute Gasteiger partial charge is 0.408 e. The van der Waals surface area contributed by atoms with E-state index in [1.165, 1.54) is 16.0 Å². The third-order valence-corrected chi connectivity index (χ3v) is 5.98. The topological polar surface area (TPSA) is 84.9 Å². The number of benzene rings is 2. The minimum atomic E-state index is -0.660. The van der Waals surface area contributed by atoms with E-state index in [0.717, 1.165) is 11.1 Å². The Morgan fingerprint density at radius 2 is 1.61 bits per heavy atom. The van der Waals surface area contributed by atoms with Gasteiger partial charge in [0.2, 0.25) is 5.91 Å². The quantitative estimate of drug-likeness (QED) is 0.700. The molecule has 0 spiro atoms. The van der Waals surface area contributed by atoms with Crippen LogP contribution in [0.2, 0.25) is 0 Å². The maximum absolute atomic E-state index is 12.9. The molecule has 0 unspecified atom stereocenters. The molecule has 4 rings (SSSR count). The summed E-state index contributed by atoms with van der Waals surface area (Å²) in [7, 11) is 0. The molecule has 1 saturated heterocycles. The third kappa shape index (κ3) is 5.02. The molecule has 2 aromatic rings. The van der Waals surface area contributed by atoms with Gasteiger partial charge in [-0.15, -0.1) is 0 Å². The Balaban J connectivity index is 1.37. The molecule has 1 fully saturated rings. The van der Waals surface area contributed by atoms with Crippen molar-refractivity contribution in [1.82, 2.24) is 10.2 Å². The van der Waals surface area contributed by atoms with E-state index in [4.69, 9.17) is 9.47 Å². The second kappa shape index (κ2) is 9.25. The Kier molecular flexibility index (Phi) is 6.40. The normalized spacial score (nSPS) is 17.3. The molecule has 7 heteroatoms. The van der Waals surface area contributed by atoms with Crippen molar-refractivity contribution >= 4 is 18.0 Å². The van der Waals surface area contributed by atoms with Crippen LogP contribution < -0.4 is 5.32 Å². The first kappa shape index (κ1) is 22.8. The van der Waals surface area contributed by atoms with Crippen molar-refractivity contribution in [2.75, 3.05) is 19.7 Å². The maximum Gasteiger partial charge on any atom is 0.408 e. The van der Waals surface area contributed by atoms with Gasteiger partial charge in [-0.25, -0.2) is 9.59 Å². The molecule has 1 aliphatic carbocycles. The summed E-state index contributed by atoms with van der Waals surface area (Å²) < 4.78 is 10.9. The van der Waals surface area contributed by atoms with Crippen molar-refractivity contribution in [2.24, 2.45) is 0 Å². The van der Waals surface area contributed by atoms with E-state index >= 15 is 0 Å². The third-order valence-electron chi connectivity index (χ3n) is 5.98. The average molecular weight is 451 g/mol. The summed E-state index contributed by atoms with van der Waals surface area (Å²) in [6, 6.07) is 15.7. The zero-order chi connectivity index (χ0) is 23.6. The van der Waals surface area contributed by atoms with Crippen LogP contribution in [0.3, 0.4) is 0 Å². The highest BCUT2D eigenvalue weighted by Crippen LogP contribution is 2.44. The van der Waals surface area contributed by atoms with Crippen LogP contribution in [0.15, 0.2) is 48.5 Å². The summed E-state index contributed by atoms with van der Waals surface area (Å²) in [6.07, 6.45) is 0.606. The summed E-state index contributed by atoms with van der Waals surface area (Å²) in [6.45, 7) is 5.72. The molecule has 174 valence electrons. The first-order valence-electron chi connectivity index (χ1n) is 11.4. The van der Waals surface area contributed by atoms with Crippen LogP contribution in [0.25, 0.3) is 11.1 Å². The molecule has 1 atom stereocenters. The largest absolute Gasteiger partial charge is 0.463 e. The number of carbonyl (C=O) groups excluding carboxylic acids is 3. The van der Waals surface area contributed by atoms with Gasteiger partial charge in [-0.2, -0.15) is 0 Å². The van der Waals surface area contributed by atoms with Crippen LogP contribution in [0.4, 0.5) is 4.79 Å². The van der Waals surface area contributed by atoms with Crippen molar-refractivity contribution in [2.45, 2.75) is 51.2 Å². The van der Waals surface area contributed by atoms with Gasteiger partial charge >= 0.3 is 12.1 Å². The van der Waals surface area contributed by atoms with E-state index in [1.807, 2.05) is 24.3 Å². The van der Waals surface area contributed by atoms with Gasteiger partial charge in [0, 0.05) is 12.5 Å². The second-order valence-electron chi connectivity index (χ2n) is 9.46. The van der Waals surface area contributed by atoms with Gasteiger partial charge < -0.3 is 19.7 Å². The molecule has 1 heterocycles.